The van der Waals surface area contributed by atoms with Crippen LogP contribution in [0.3, 0.4) is 0 Å². The van der Waals surface area contributed by atoms with Crippen LogP contribution in [0.25, 0.3) is 6.08 Å². The Morgan fingerprint density at radius 3 is 2.76 bits per heavy atom. The van der Waals surface area contributed by atoms with Crippen molar-refractivity contribution in [2.45, 2.75) is 0 Å². The van der Waals surface area contributed by atoms with E-state index in [1.54, 1.807) is 26.2 Å². The maximum Gasteiger partial charge on any atom is 0.266 e. The number of halogens is 2. The summed E-state index contributed by atoms with van der Waals surface area (Å²) in [5.74, 6) is -0.0505. The second kappa shape index (κ2) is 6.29. The van der Waals surface area contributed by atoms with Crippen molar-refractivity contribution in [3.63, 3.8) is 0 Å². The molecule has 0 unspecified atom stereocenters. The van der Waals surface area contributed by atoms with Crippen LogP contribution in [0.4, 0.5) is 0 Å². The first-order valence-electron chi connectivity index (χ1n) is 5.80. The number of aromatic hydroxyl groups is 1. The van der Waals surface area contributed by atoms with E-state index in [4.69, 9.17) is 16.3 Å². The van der Waals surface area contributed by atoms with Crippen LogP contribution in [0.2, 0.25) is 5.02 Å². The number of amidine groups is 1. The number of ether oxygens (including phenoxy) is 1. The molecule has 21 heavy (non-hydrogen) atoms. The quantitative estimate of drug-likeness (QED) is 0.785. The van der Waals surface area contributed by atoms with Gasteiger partial charge in [0.25, 0.3) is 5.91 Å². The topological polar surface area (TPSA) is 62.1 Å². The molecule has 1 amide bonds. The molecule has 1 saturated heterocycles. The van der Waals surface area contributed by atoms with Gasteiger partial charge in [-0.15, -0.1) is 0 Å². The Bertz CT molecular complexity index is 676. The lowest BCUT2D eigenvalue weighted by molar-refractivity contribution is -0.121. The molecule has 1 heterocycles. The maximum absolute atomic E-state index is 12.1. The molecule has 1 fully saturated rings. The Morgan fingerprint density at radius 2 is 2.24 bits per heavy atom. The molecular formula is C13H12BrClN2O3S. The maximum atomic E-state index is 12.1. The summed E-state index contributed by atoms with van der Waals surface area (Å²) < 4.78 is 5.56. The molecule has 0 aliphatic carbocycles. The van der Waals surface area contributed by atoms with Gasteiger partial charge in [-0.2, -0.15) is 0 Å². The molecule has 0 radical (unpaired) electrons. The lowest BCUT2D eigenvalue weighted by Crippen LogP contribution is -2.23. The second-order valence-corrected chi connectivity index (χ2v) is 6.31. The van der Waals surface area contributed by atoms with E-state index in [0.717, 1.165) is 0 Å². The summed E-state index contributed by atoms with van der Waals surface area (Å²) in [4.78, 5) is 18.2. The molecule has 1 N–H and O–H groups in total. The first kappa shape index (κ1) is 16.2. The highest BCUT2D eigenvalue weighted by Gasteiger charge is 2.30. The zero-order chi connectivity index (χ0) is 15.7. The fourth-order valence-electron chi connectivity index (χ4n) is 1.76. The number of amides is 1. The smallest absolute Gasteiger partial charge is 0.266 e. The minimum atomic E-state index is -0.147. The summed E-state index contributed by atoms with van der Waals surface area (Å²) in [6.07, 6.45) is 1.68. The molecule has 1 aliphatic rings. The number of hydrogen-bond donors (Lipinski definition) is 1. The third kappa shape index (κ3) is 2.90. The van der Waals surface area contributed by atoms with Crippen LogP contribution >= 0.6 is 39.3 Å². The molecule has 0 atom stereocenters. The lowest BCUT2D eigenvalue weighted by atomic mass is 10.2. The van der Waals surface area contributed by atoms with E-state index in [9.17, 15) is 9.90 Å². The molecule has 5 nitrogen and oxygen atoms in total. The fraction of sp³-hybridized carbons (Fsp3) is 0.231. The van der Waals surface area contributed by atoms with Crippen LogP contribution in [0, 0.1) is 0 Å². The van der Waals surface area contributed by atoms with E-state index in [1.165, 1.54) is 23.8 Å². The van der Waals surface area contributed by atoms with E-state index in [2.05, 4.69) is 20.9 Å². The summed E-state index contributed by atoms with van der Waals surface area (Å²) in [7, 11) is 4.73. The van der Waals surface area contributed by atoms with Crippen molar-refractivity contribution in [1.82, 2.24) is 4.90 Å². The van der Waals surface area contributed by atoms with Gasteiger partial charge in [0.2, 0.25) is 0 Å². The van der Waals surface area contributed by atoms with Crippen LogP contribution in [-0.4, -0.2) is 42.3 Å². The van der Waals surface area contributed by atoms with E-state index in [-0.39, 0.29) is 22.4 Å². The van der Waals surface area contributed by atoms with Crippen LogP contribution in [0.15, 0.2) is 20.4 Å². The molecule has 1 aliphatic heterocycles. The number of thioether (sulfide) groups is 1. The van der Waals surface area contributed by atoms with Crippen LogP contribution < -0.4 is 4.74 Å². The molecule has 0 saturated carbocycles. The van der Waals surface area contributed by atoms with E-state index >= 15 is 0 Å². The van der Waals surface area contributed by atoms with Gasteiger partial charge in [0.05, 0.1) is 12.0 Å². The Hall–Kier alpha value is -1.18. The van der Waals surface area contributed by atoms with E-state index in [0.29, 0.717) is 20.1 Å². The summed E-state index contributed by atoms with van der Waals surface area (Å²) in [6.45, 7) is 0. The molecule has 2 rings (SSSR count). The number of methoxy groups -OCH3 is 1. The van der Waals surface area contributed by atoms with Gasteiger partial charge in [0.1, 0.15) is 5.02 Å². The van der Waals surface area contributed by atoms with Gasteiger partial charge < -0.3 is 9.84 Å². The number of carbonyl (C=O) groups excluding carboxylic acids is 1. The van der Waals surface area contributed by atoms with Crippen molar-refractivity contribution in [3.8, 4) is 11.5 Å². The number of nitrogens with zero attached hydrogens (tertiary/aromatic N) is 2. The molecular weight excluding hydrogens is 380 g/mol. The molecule has 8 heteroatoms. The first-order valence-corrected chi connectivity index (χ1v) is 7.78. The number of benzene rings is 1. The number of phenols is 1. The molecule has 0 spiro atoms. The van der Waals surface area contributed by atoms with Gasteiger partial charge in [-0.05, 0) is 45.4 Å². The highest BCUT2D eigenvalue weighted by atomic mass is 79.9. The second-order valence-electron chi connectivity index (χ2n) is 4.13. The number of carbonyl (C=O) groups is 1. The van der Waals surface area contributed by atoms with Gasteiger partial charge in [0.15, 0.2) is 16.7 Å². The minimum absolute atomic E-state index is 0.134. The van der Waals surface area contributed by atoms with Crippen LogP contribution in [-0.2, 0) is 4.79 Å². The predicted octanol–water partition coefficient (Wildman–Crippen LogP) is 3.35. The van der Waals surface area contributed by atoms with Crippen molar-refractivity contribution >= 4 is 56.4 Å². The van der Waals surface area contributed by atoms with E-state index in [1.807, 2.05) is 0 Å². The SMILES string of the molecule is CN=C1S/C(=C\c2cc(OC)c(O)c(Cl)c2Br)C(=O)N1C. The third-order valence-electron chi connectivity index (χ3n) is 2.88. The summed E-state index contributed by atoms with van der Waals surface area (Å²) in [5, 5.41) is 10.6. The Balaban J connectivity index is 2.52. The predicted molar refractivity (Wildman–Crippen MR) is 89.1 cm³/mol. The lowest BCUT2D eigenvalue weighted by Gasteiger charge is -2.09. The van der Waals surface area contributed by atoms with E-state index < -0.39 is 0 Å². The summed E-state index contributed by atoms with van der Waals surface area (Å²) in [6, 6.07) is 1.60. The normalized spacial score (nSPS) is 18.9. The largest absolute Gasteiger partial charge is 0.503 e. The average Bonchev–Trinajstić information content (AvgIpc) is 2.75. The van der Waals surface area contributed by atoms with Crippen molar-refractivity contribution in [2.24, 2.45) is 4.99 Å². The Morgan fingerprint density at radius 1 is 1.57 bits per heavy atom. The van der Waals surface area contributed by atoms with Crippen molar-refractivity contribution in [2.75, 3.05) is 21.2 Å². The standard InChI is InChI=1S/C13H12BrClN2O3S/c1-16-13-17(2)12(19)8(21-13)5-6-4-7(20-3)11(18)10(15)9(6)14/h4-5,18H,1-3H3/b8-5-,16-13?. The first-order chi connectivity index (χ1) is 9.90. The zero-order valence-corrected chi connectivity index (χ0v) is 14.6. The van der Waals surface area contributed by atoms with Crippen molar-refractivity contribution in [1.29, 1.82) is 0 Å². The van der Waals surface area contributed by atoms with Gasteiger partial charge >= 0.3 is 0 Å². The highest BCUT2D eigenvalue weighted by molar-refractivity contribution is 9.10. The zero-order valence-electron chi connectivity index (χ0n) is 11.5. The molecule has 0 aromatic heterocycles. The highest BCUT2D eigenvalue weighted by Crippen LogP contribution is 2.43. The van der Waals surface area contributed by atoms with Crippen LogP contribution in [0.1, 0.15) is 5.56 Å². The number of likely N-dealkylation sites (N-methyl/N-ethyl adjacent to an activating group) is 1. The van der Waals surface area contributed by atoms with Gasteiger partial charge in [-0.25, -0.2) is 0 Å². The van der Waals surface area contributed by atoms with Gasteiger partial charge in [0, 0.05) is 18.6 Å². The summed E-state index contributed by atoms with van der Waals surface area (Å²) >= 11 is 10.6. The minimum Gasteiger partial charge on any atom is -0.503 e. The van der Waals surface area contributed by atoms with Crippen LogP contribution in [0.5, 0.6) is 11.5 Å². The Kier molecular flexibility index (Phi) is 4.85. The Labute approximate surface area is 139 Å². The molecule has 1 aromatic carbocycles. The summed E-state index contributed by atoms with van der Waals surface area (Å²) in [5.41, 5.74) is 0.635. The number of aliphatic imine (C=N–C) groups is 1. The van der Waals surface area contributed by atoms with Gasteiger partial charge in [-0.3, -0.25) is 14.7 Å². The number of rotatable bonds is 2. The van der Waals surface area contributed by atoms with Gasteiger partial charge in [-0.1, -0.05) is 11.6 Å². The molecule has 112 valence electrons. The van der Waals surface area contributed by atoms with Crippen molar-refractivity contribution in [3.05, 3.63) is 26.0 Å². The monoisotopic (exact) mass is 390 g/mol. The average molecular weight is 392 g/mol. The van der Waals surface area contributed by atoms with Crippen molar-refractivity contribution < 1.29 is 14.6 Å². The number of hydrogen-bond acceptors (Lipinski definition) is 5. The molecule has 1 aromatic rings. The fourth-order valence-corrected chi connectivity index (χ4v) is 3.30. The number of phenolic OH excluding ortho intramolecular Hbond substituents is 1. The third-order valence-corrected chi connectivity index (χ3v) is 5.48. The molecule has 0 bridgehead atoms.